The number of sulfonamides is 1. The molecule has 0 saturated heterocycles. The van der Waals surface area contributed by atoms with Crippen molar-refractivity contribution in [3.05, 3.63) is 68.0 Å². The van der Waals surface area contributed by atoms with Crippen molar-refractivity contribution in [3.63, 3.8) is 0 Å². The van der Waals surface area contributed by atoms with E-state index < -0.39 is 10.0 Å². The monoisotopic (exact) mass is 473 g/mol. The second kappa shape index (κ2) is 8.60. The standard InChI is InChI=1S/C23H24ClN3O4S/c1-13-8-9-15(22-16-6-4-5-7-17(16)23(28)26-25-22)11-21(13)32(29,30)27-19-10-14(2)18(24)12-20(19)31-3/h8-12,27H,4-7H2,1-3H3,(H,26,28). The van der Waals surface area contributed by atoms with Gasteiger partial charge >= 0.3 is 0 Å². The van der Waals surface area contributed by atoms with Crippen LogP contribution in [0, 0.1) is 13.8 Å². The highest BCUT2D eigenvalue weighted by atomic mass is 35.5. The van der Waals surface area contributed by atoms with Crippen LogP contribution >= 0.6 is 11.6 Å². The number of nitrogens with zero attached hydrogens (tertiary/aromatic N) is 1. The van der Waals surface area contributed by atoms with E-state index in [1.165, 1.54) is 7.11 Å². The summed E-state index contributed by atoms with van der Waals surface area (Å²) >= 11 is 6.15. The van der Waals surface area contributed by atoms with Crippen molar-refractivity contribution in [1.29, 1.82) is 0 Å². The van der Waals surface area contributed by atoms with E-state index in [2.05, 4.69) is 14.9 Å². The summed E-state index contributed by atoms with van der Waals surface area (Å²) in [6.07, 6.45) is 3.38. The smallest absolute Gasteiger partial charge is 0.267 e. The topological polar surface area (TPSA) is 101 Å². The highest BCUT2D eigenvalue weighted by Gasteiger charge is 2.23. The second-order valence-corrected chi connectivity index (χ2v) is 10.0. The normalized spacial score (nSPS) is 13.5. The van der Waals surface area contributed by atoms with Crippen LogP contribution < -0.4 is 15.0 Å². The molecule has 1 aliphatic carbocycles. The number of halogens is 1. The molecule has 1 aromatic heterocycles. The van der Waals surface area contributed by atoms with Gasteiger partial charge in [0.15, 0.2) is 0 Å². The number of hydrogen-bond donors (Lipinski definition) is 2. The number of benzene rings is 2. The van der Waals surface area contributed by atoms with Crippen LogP contribution in [0.25, 0.3) is 11.3 Å². The number of rotatable bonds is 5. The minimum absolute atomic E-state index is 0.127. The molecule has 32 heavy (non-hydrogen) atoms. The summed E-state index contributed by atoms with van der Waals surface area (Å²) in [4.78, 5) is 12.3. The van der Waals surface area contributed by atoms with Gasteiger partial charge in [-0.05, 0) is 68.4 Å². The van der Waals surface area contributed by atoms with Crippen LogP contribution in [0.1, 0.15) is 35.1 Å². The number of aromatic nitrogens is 2. The first kappa shape index (κ1) is 22.4. The van der Waals surface area contributed by atoms with E-state index in [4.69, 9.17) is 16.3 Å². The summed E-state index contributed by atoms with van der Waals surface area (Å²) in [5.41, 5.74) is 4.35. The van der Waals surface area contributed by atoms with Crippen LogP contribution in [-0.4, -0.2) is 25.7 Å². The lowest BCUT2D eigenvalue weighted by Crippen LogP contribution is -2.21. The molecule has 2 N–H and O–H groups in total. The molecule has 0 amide bonds. The number of aryl methyl sites for hydroxylation is 2. The fraction of sp³-hybridized carbons (Fsp3) is 0.304. The van der Waals surface area contributed by atoms with E-state index in [1.54, 1.807) is 38.1 Å². The van der Waals surface area contributed by atoms with Crippen LogP contribution in [0.2, 0.25) is 5.02 Å². The maximum absolute atomic E-state index is 13.3. The number of hydrogen-bond acceptors (Lipinski definition) is 5. The third-order valence-corrected chi connectivity index (χ3v) is 7.69. The average molecular weight is 474 g/mol. The molecule has 1 heterocycles. The fourth-order valence-corrected chi connectivity index (χ4v) is 5.53. The van der Waals surface area contributed by atoms with Gasteiger partial charge in [-0.1, -0.05) is 23.7 Å². The molecule has 4 rings (SSSR count). The van der Waals surface area contributed by atoms with Crippen LogP contribution in [0.4, 0.5) is 5.69 Å². The van der Waals surface area contributed by atoms with Crippen LogP contribution in [0.3, 0.4) is 0 Å². The molecule has 0 bridgehead atoms. The summed E-state index contributed by atoms with van der Waals surface area (Å²) in [5, 5.41) is 7.31. The summed E-state index contributed by atoms with van der Waals surface area (Å²) < 4.78 is 34.6. The van der Waals surface area contributed by atoms with Gasteiger partial charge in [0.05, 0.1) is 23.4 Å². The van der Waals surface area contributed by atoms with E-state index in [1.807, 2.05) is 6.07 Å². The van der Waals surface area contributed by atoms with E-state index in [-0.39, 0.29) is 10.5 Å². The predicted molar refractivity (Wildman–Crippen MR) is 125 cm³/mol. The molecule has 0 atom stereocenters. The van der Waals surface area contributed by atoms with Gasteiger partial charge in [0, 0.05) is 22.2 Å². The maximum Gasteiger partial charge on any atom is 0.267 e. The molecule has 3 aromatic rings. The molecule has 7 nitrogen and oxygen atoms in total. The lowest BCUT2D eigenvalue weighted by Gasteiger charge is -2.18. The SMILES string of the molecule is COc1cc(Cl)c(C)cc1NS(=O)(=O)c1cc(-c2n[nH]c(=O)c3c2CCCC3)ccc1C. The van der Waals surface area contributed by atoms with Crippen LogP contribution in [-0.2, 0) is 22.9 Å². The Morgan fingerprint density at radius 1 is 1.06 bits per heavy atom. The largest absolute Gasteiger partial charge is 0.495 e. The Kier molecular flexibility index (Phi) is 6.01. The minimum atomic E-state index is -3.94. The molecular formula is C23H24ClN3O4S. The van der Waals surface area contributed by atoms with Crippen molar-refractivity contribution in [1.82, 2.24) is 10.2 Å². The third-order valence-electron chi connectivity index (χ3n) is 5.77. The zero-order chi connectivity index (χ0) is 23.0. The van der Waals surface area contributed by atoms with Crippen molar-refractivity contribution < 1.29 is 13.2 Å². The van der Waals surface area contributed by atoms with Gasteiger partial charge in [0.2, 0.25) is 0 Å². The number of ether oxygens (including phenoxy) is 1. The Balaban J connectivity index is 1.79. The van der Waals surface area contributed by atoms with Gasteiger partial charge < -0.3 is 4.74 Å². The number of fused-ring (bicyclic) bond motifs is 1. The third kappa shape index (κ3) is 4.12. The van der Waals surface area contributed by atoms with Crippen molar-refractivity contribution in [2.75, 3.05) is 11.8 Å². The Morgan fingerprint density at radius 3 is 2.50 bits per heavy atom. The molecule has 9 heteroatoms. The number of nitrogens with one attached hydrogen (secondary N) is 2. The van der Waals surface area contributed by atoms with Crippen molar-refractivity contribution in [3.8, 4) is 17.0 Å². The van der Waals surface area contributed by atoms with Gasteiger partial charge in [-0.2, -0.15) is 5.10 Å². The highest BCUT2D eigenvalue weighted by Crippen LogP contribution is 2.34. The highest BCUT2D eigenvalue weighted by molar-refractivity contribution is 7.92. The first-order chi connectivity index (χ1) is 15.2. The van der Waals surface area contributed by atoms with Gasteiger partial charge in [-0.25, -0.2) is 13.5 Å². The summed E-state index contributed by atoms with van der Waals surface area (Å²) in [6.45, 7) is 3.52. The van der Waals surface area contributed by atoms with E-state index in [9.17, 15) is 13.2 Å². The quantitative estimate of drug-likeness (QED) is 0.572. The fourth-order valence-electron chi connectivity index (χ4n) is 4.05. The minimum Gasteiger partial charge on any atom is -0.495 e. The first-order valence-electron chi connectivity index (χ1n) is 10.3. The predicted octanol–water partition coefficient (Wildman–Crippen LogP) is 4.40. The lowest BCUT2D eigenvalue weighted by molar-refractivity contribution is 0.417. The zero-order valence-electron chi connectivity index (χ0n) is 18.1. The second-order valence-electron chi connectivity index (χ2n) is 7.95. The molecule has 0 saturated carbocycles. The van der Waals surface area contributed by atoms with Crippen LogP contribution in [0.5, 0.6) is 5.75 Å². The molecule has 0 radical (unpaired) electrons. The Bertz CT molecular complexity index is 1370. The van der Waals surface area contributed by atoms with E-state index in [0.29, 0.717) is 39.7 Å². The average Bonchev–Trinajstić information content (AvgIpc) is 2.77. The van der Waals surface area contributed by atoms with E-state index in [0.717, 1.165) is 36.0 Å². The summed E-state index contributed by atoms with van der Waals surface area (Å²) in [5.74, 6) is 0.328. The van der Waals surface area contributed by atoms with E-state index >= 15 is 0 Å². The zero-order valence-corrected chi connectivity index (χ0v) is 19.7. The lowest BCUT2D eigenvalue weighted by atomic mass is 9.90. The Hall–Kier alpha value is -2.84. The van der Waals surface area contributed by atoms with Gasteiger partial charge in [0.25, 0.3) is 15.6 Å². The van der Waals surface area contributed by atoms with Crippen molar-refractivity contribution in [2.24, 2.45) is 0 Å². The van der Waals surface area contributed by atoms with Crippen LogP contribution in [0.15, 0.2) is 40.0 Å². The van der Waals surface area contributed by atoms with Crippen molar-refractivity contribution in [2.45, 2.75) is 44.4 Å². The summed E-state index contributed by atoms with van der Waals surface area (Å²) in [7, 11) is -2.48. The molecular weight excluding hydrogens is 450 g/mol. The molecule has 0 unspecified atom stereocenters. The van der Waals surface area contributed by atoms with Crippen molar-refractivity contribution >= 4 is 27.3 Å². The van der Waals surface area contributed by atoms with Gasteiger partial charge in [0.1, 0.15) is 5.75 Å². The van der Waals surface area contributed by atoms with Gasteiger partial charge in [-0.3, -0.25) is 9.52 Å². The number of aromatic amines is 1. The molecule has 0 aliphatic heterocycles. The van der Waals surface area contributed by atoms with Gasteiger partial charge in [-0.15, -0.1) is 0 Å². The Labute approximate surface area is 191 Å². The number of anilines is 1. The summed E-state index contributed by atoms with van der Waals surface area (Å²) in [6, 6.07) is 8.39. The molecule has 168 valence electrons. The number of H-pyrrole nitrogens is 1. The Morgan fingerprint density at radius 2 is 1.78 bits per heavy atom. The first-order valence-corrected chi connectivity index (χ1v) is 12.2. The maximum atomic E-state index is 13.3. The molecule has 0 fully saturated rings. The molecule has 0 spiro atoms. The number of methoxy groups -OCH3 is 1. The molecule has 2 aromatic carbocycles. The molecule has 1 aliphatic rings.